The van der Waals surface area contributed by atoms with Crippen LogP contribution in [0.5, 0.6) is 11.5 Å². The molecular weight excluding hydrogens is 316 g/mol. The first-order chi connectivity index (χ1) is 8.49. The first-order valence-corrected chi connectivity index (χ1v) is 5.54. The Kier molecular flexibility index (Phi) is 3.56. The van der Waals surface area contributed by atoms with Crippen LogP contribution in [0.25, 0.3) is 0 Å². The second-order valence-electron chi connectivity index (χ2n) is 3.35. The van der Waals surface area contributed by atoms with E-state index in [1.54, 1.807) is 12.1 Å². The van der Waals surface area contributed by atoms with Crippen LogP contribution in [0, 0.1) is 23.3 Å². The fraction of sp³-hybridized carbons (Fsp3) is 0. The van der Waals surface area contributed by atoms with Gasteiger partial charge < -0.3 is 4.74 Å². The van der Waals surface area contributed by atoms with Gasteiger partial charge in [0.15, 0.2) is 11.6 Å². The monoisotopic (exact) mass is 320 g/mol. The fourth-order valence-corrected chi connectivity index (χ4v) is 1.53. The third kappa shape index (κ3) is 2.48. The van der Waals surface area contributed by atoms with Gasteiger partial charge in [0.05, 0.1) is 0 Å². The van der Waals surface area contributed by atoms with Crippen molar-refractivity contribution in [1.82, 2.24) is 0 Å². The van der Waals surface area contributed by atoms with Crippen LogP contribution in [0.1, 0.15) is 0 Å². The van der Waals surface area contributed by atoms with Crippen molar-refractivity contribution < 1.29 is 22.3 Å². The Morgan fingerprint density at radius 1 is 0.833 bits per heavy atom. The molecule has 0 aliphatic rings. The highest BCUT2D eigenvalue weighted by Gasteiger charge is 2.21. The molecule has 0 amide bonds. The molecule has 0 aliphatic heterocycles. The Morgan fingerprint density at radius 3 is 1.83 bits per heavy atom. The predicted octanol–water partition coefficient (Wildman–Crippen LogP) is 4.80. The molecule has 18 heavy (non-hydrogen) atoms. The van der Waals surface area contributed by atoms with Crippen molar-refractivity contribution in [2.24, 2.45) is 0 Å². The summed E-state index contributed by atoms with van der Waals surface area (Å²) in [6.45, 7) is 0. The number of hydrogen-bond donors (Lipinski definition) is 0. The van der Waals surface area contributed by atoms with Gasteiger partial charge in [0, 0.05) is 10.5 Å². The summed E-state index contributed by atoms with van der Waals surface area (Å²) in [6.07, 6.45) is 0. The highest BCUT2D eigenvalue weighted by atomic mass is 79.9. The van der Waals surface area contributed by atoms with Crippen molar-refractivity contribution in [2.45, 2.75) is 0 Å². The van der Waals surface area contributed by atoms with Crippen LogP contribution in [0.2, 0.25) is 0 Å². The zero-order valence-electron chi connectivity index (χ0n) is 8.68. The number of halogens is 5. The fourth-order valence-electron chi connectivity index (χ4n) is 1.26. The van der Waals surface area contributed by atoms with Crippen LogP contribution in [0.4, 0.5) is 17.6 Å². The van der Waals surface area contributed by atoms with E-state index in [1.165, 1.54) is 12.1 Å². The van der Waals surface area contributed by atoms with Crippen molar-refractivity contribution in [3.8, 4) is 11.5 Å². The van der Waals surface area contributed by atoms with Crippen LogP contribution < -0.4 is 4.74 Å². The first-order valence-electron chi connectivity index (χ1n) is 4.75. The number of hydrogen-bond acceptors (Lipinski definition) is 1. The van der Waals surface area contributed by atoms with E-state index < -0.39 is 29.0 Å². The first kappa shape index (κ1) is 12.9. The van der Waals surface area contributed by atoms with Crippen molar-refractivity contribution in [2.75, 3.05) is 0 Å². The lowest BCUT2D eigenvalue weighted by Crippen LogP contribution is -1.99. The standard InChI is InChI=1S/C12H5BrF4O/c13-6-1-3-7(4-2-6)18-12-10(16)8(14)5-9(15)11(12)17/h1-5H. The Hall–Kier alpha value is -1.56. The predicted molar refractivity (Wildman–Crippen MR) is 60.5 cm³/mol. The summed E-state index contributed by atoms with van der Waals surface area (Å²) in [5.41, 5.74) is 0. The molecule has 0 N–H and O–H groups in total. The van der Waals surface area contributed by atoms with Crippen LogP contribution in [-0.4, -0.2) is 0 Å². The minimum Gasteiger partial charge on any atom is -0.451 e. The van der Waals surface area contributed by atoms with Gasteiger partial charge in [0.2, 0.25) is 17.4 Å². The van der Waals surface area contributed by atoms with E-state index in [0.717, 1.165) is 4.47 Å². The van der Waals surface area contributed by atoms with Crippen LogP contribution in [0.3, 0.4) is 0 Å². The van der Waals surface area contributed by atoms with Crippen molar-refractivity contribution in [3.05, 3.63) is 58.1 Å². The molecule has 0 fully saturated rings. The van der Waals surface area contributed by atoms with E-state index in [1.807, 2.05) is 0 Å². The van der Waals surface area contributed by atoms with Crippen molar-refractivity contribution in [1.29, 1.82) is 0 Å². The summed E-state index contributed by atoms with van der Waals surface area (Å²) < 4.78 is 57.9. The zero-order chi connectivity index (χ0) is 13.3. The van der Waals surface area contributed by atoms with Crippen molar-refractivity contribution in [3.63, 3.8) is 0 Å². The van der Waals surface area contributed by atoms with E-state index in [2.05, 4.69) is 15.9 Å². The van der Waals surface area contributed by atoms with Gasteiger partial charge in [-0.05, 0) is 24.3 Å². The minimum absolute atomic E-state index is 0.0565. The molecule has 0 saturated carbocycles. The van der Waals surface area contributed by atoms with Crippen LogP contribution in [-0.2, 0) is 0 Å². The third-order valence-electron chi connectivity index (χ3n) is 2.11. The van der Waals surface area contributed by atoms with Gasteiger partial charge in [-0.2, -0.15) is 8.78 Å². The summed E-state index contributed by atoms with van der Waals surface area (Å²) in [7, 11) is 0. The van der Waals surface area contributed by atoms with E-state index in [0.29, 0.717) is 0 Å². The molecule has 1 nitrogen and oxygen atoms in total. The van der Waals surface area contributed by atoms with Crippen molar-refractivity contribution >= 4 is 15.9 Å². The van der Waals surface area contributed by atoms with E-state index in [-0.39, 0.29) is 11.8 Å². The Balaban J connectivity index is 2.42. The maximum absolute atomic E-state index is 13.3. The topological polar surface area (TPSA) is 9.23 Å². The van der Waals surface area contributed by atoms with Gasteiger partial charge in [-0.15, -0.1) is 0 Å². The Morgan fingerprint density at radius 2 is 1.33 bits per heavy atom. The van der Waals surface area contributed by atoms with Gasteiger partial charge in [-0.25, -0.2) is 8.78 Å². The molecular formula is C12H5BrF4O. The van der Waals surface area contributed by atoms with Gasteiger partial charge >= 0.3 is 0 Å². The maximum atomic E-state index is 13.3. The lowest BCUT2D eigenvalue weighted by Gasteiger charge is -2.08. The average Bonchev–Trinajstić information content (AvgIpc) is 2.34. The molecule has 0 radical (unpaired) electrons. The summed E-state index contributed by atoms with van der Waals surface area (Å²) in [6, 6.07) is 6.03. The molecule has 0 aliphatic carbocycles. The van der Waals surface area contributed by atoms with Gasteiger partial charge in [0.1, 0.15) is 5.75 Å². The lowest BCUT2D eigenvalue weighted by molar-refractivity contribution is 0.366. The molecule has 0 aromatic heterocycles. The second-order valence-corrected chi connectivity index (χ2v) is 4.27. The maximum Gasteiger partial charge on any atom is 0.204 e. The number of benzene rings is 2. The molecule has 2 rings (SSSR count). The van der Waals surface area contributed by atoms with Gasteiger partial charge in [-0.1, -0.05) is 15.9 Å². The molecule has 0 bridgehead atoms. The molecule has 6 heteroatoms. The minimum atomic E-state index is -1.57. The summed E-state index contributed by atoms with van der Waals surface area (Å²) in [5.74, 6) is -7.22. The summed E-state index contributed by atoms with van der Waals surface area (Å²) in [4.78, 5) is 0. The molecule has 0 spiro atoms. The van der Waals surface area contributed by atoms with Crippen LogP contribution in [0.15, 0.2) is 34.8 Å². The third-order valence-corrected chi connectivity index (χ3v) is 2.63. The average molecular weight is 321 g/mol. The highest BCUT2D eigenvalue weighted by Crippen LogP contribution is 2.31. The van der Waals surface area contributed by atoms with Gasteiger partial charge in [-0.3, -0.25) is 0 Å². The quantitative estimate of drug-likeness (QED) is 0.570. The molecule has 0 atom stereocenters. The Labute approximate surface area is 108 Å². The van der Waals surface area contributed by atoms with E-state index in [4.69, 9.17) is 4.74 Å². The SMILES string of the molecule is Fc1cc(F)c(F)c(Oc2ccc(Br)cc2)c1F. The van der Waals surface area contributed by atoms with E-state index >= 15 is 0 Å². The summed E-state index contributed by atoms with van der Waals surface area (Å²) in [5, 5.41) is 0. The smallest absolute Gasteiger partial charge is 0.204 e. The number of ether oxygens (including phenoxy) is 1. The largest absolute Gasteiger partial charge is 0.451 e. The molecule has 2 aromatic rings. The van der Waals surface area contributed by atoms with Gasteiger partial charge in [0.25, 0.3) is 0 Å². The Bertz CT molecular complexity index is 557. The molecule has 2 aromatic carbocycles. The molecule has 0 unspecified atom stereocenters. The molecule has 94 valence electrons. The second kappa shape index (κ2) is 4.97. The normalized spacial score (nSPS) is 10.5. The highest BCUT2D eigenvalue weighted by molar-refractivity contribution is 9.10. The molecule has 0 saturated heterocycles. The number of rotatable bonds is 2. The molecule has 0 heterocycles. The van der Waals surface area contributed by atoms with E-state index in [9.17, 15) is 17.6 Å². The zero-order valence-corrected chi connectivity index (χ0v) is 10.3. The lowest BCUT2D eigenvalue weighted by atomic mass is 10.3. The van der Waals surface area contributed by atoms with Crippen LogP contribution >= 0.6 is 15.9 Å². The summed E-state index contributed by atoms with van der Waals surface area (Å²) >= 11 is 3.16.